The molecule has 6 heteroatoms. The van der Waals surface area contributed by atoms with Crippen molar-refractivity contribution in [3.05, 3.63) is 46.2 Å². The first kappa shape index (κ1) is 16.0. The van der Waals surface area contributed by atoms with Gasteiger partial charge >= 0.3 is 0 Å². The SMILES string of the molecule is COCCn1ncc(Br)c1C(N)Cc1ccc(OC)cc1. The Bertz CT molecular complexity index is 569. The summed E-state index contributed by atoms with van der Waals surface area (Å²) in [6.07, 6.45) is 2.51. The number of nitrogens with two attached hydrogens (primary N) is 1. The molecule has 0 saturated carbocycles. The zero-order valence-electron chi connectivity index (χ0n) is 12.3. The minimum Gasteiger partial charge on any atom is -0.497 e. The molecule has 0 fully saturated rings. The first-order chi connectivity index (χ1) is 10.2. The van der Waals surface area contributed by atoms with Crippen molar-refractivity contribution in [3.8, 4) is 5.75 Å². The molecule has 0 saturated heterocycles. The Labute approximate surface area is 133 Å². The fourth-order valence-electron chi connectivity index (χ4n) is 2.21. The summed E-state index contributed by atoms with van der Waals surface area (Å²) in [4.78, 5) is 0. The predicted octanol–water partition coefficient (Wildman–Crippen LogP) is 2.54. The molecule has 1 unspecified atom stereocenters. The Morgan fingerprint density at radius 1 is 1.29 bits per heavy atom. The monoisotopic (exact) mass is 353 g/mol. The van der Waals surface area contributed by atoms with E-state index in [9.17, 15) is 0 Å². The standard InChI is InChI=1S/C15H20BrN3O2/c1-20-8-7-19-15(13(16)10-18-19)14(17)9-11-3-5-12(21-2)6-4-11/h3-6,10,14H,7-9,17H2,1-2H3. The van der Waals surface area contributed by atoms with Gasteiger partial charge < -0.3 is 15.2 Å². The Kier molecular flexibility index (Phi) is 5.78. The highest BCUT2D eigenvalue weighted by molar-refractivity contribution is 9.10. The lowest BCUT2D eigenvalue weighted by Gasteiger charge is -2.15. The van der Waals surface area contributed by atoms with Gasteiger partial charge in [0, 0.05) is 7.11 Å². The fraction of sp³-hybridized carbons (Fsp3) is 0.400. The second-order valence-electron chi connectivity index (χ2n) is 4.75. The third kappa shape index (κ3) is 4.06. The number of halogens is 1. The van der Waals surface area contributed by atoms with Crippen molar-refractivity contribution in [1.29, 1.82) is 0 Å². The zero-order chi connectivity index (χ0) is 15.2. The number of aromatic nitrogens is 2. The Morgan fingerprint density at radius 2 is 2.00 bits per heavy atom. The van der Waals surface area contributed by atoms with E-state index in [4.69, 9.17) is 15.2 Å². The molecule has 0 bridgehead atoms. The molecule has 0 spiro atoms. The number of ether oxygens (including phenoxy) is 2. The van der Waals surface area contributed by atoms with Gasteiger partial charge in [-0.25, -0.2) is 0 Å². The van der Waals surface area contributed by atoms with Crippen molar-refractivity contribution in [2.24, 2.45) is 5.73 Å². The lowest BCUT2D eigenvalue weighted by molar-refractivity contribution is 0.182. The van der Waals surface area contributed by atoms with Crippen LogP contribution in [-0.4, -0.2) is 30.6 Å². The number of nitrogens with zero attached hydrogens (tertiary/aromatic N) is 2. The summed E-state index contributed by atoms with van der Waals surface area (Å²) in [6, 6.07) is 7.82. The molecule has 2 rings (SSSR count). The van der Waals surface area contributed by atoms with Crippen LogP contribution in [-0.2, 0) is 17.7 Å². The summed E-state index contributed by atoms with van der Waals surface area (Å²) in [5.74, 6) is 0.846. The van der Waals surface area contributed by atoms with E-state index in [-0.39, 0.29) is 6.04 Å². The molecule has 2 aromatic rings. The molecule has 114 valence electrons. The van der Waals surface area contributed by atoms with Gasteiger partial charge in [0.15, 0.2) is 0 Å². The molecule has 1 aromatic carbocycles. The van der Waals surface area contributed by atoms with Crippen LogP contribution >= 0.6 is 15.9 Å². The van der Waals surface area contributed by atoms with Crippen molar-refractivity contribution >= 4 is 15.9 Å². The van der Waals surface area contributed by atoms with Gasteiger partial charge in [0.25, 0.3) is 0 Å². The summed E-state index contributed by atoms with van der Waals surface area (Å²) in [7, 11) is 3.34. The van der Waals surface area contributed by atoms with Gasteiger partial charge in [-0.2, -0.15) is 5.10 Å². The van der Waals surface area contributed by atoms with E-state index in [1.807, 2.05) is 28.9 Å². The maximum Gasteiger partial charge on any atom is 0.118 e. The quantitative estimate of drug-likeness (QED) is 0.830. The molecule has 21 heavy (non-hydrogen) atoms. The minimum absolute atomic E-state index is 0.132. The maximum atomic E-state index is 6.35. The van der Waals surface area contributed by atoms with Crippen LogP contribution in [0.25, 0.3) is 0 Å². The predicted molar refractivity (Wildman–Crippen MR) is 85.4 cm³/mol. The highest BCUT2D eigenvalue weighted by atomic mass is 79.9. The Hall–Kier alpha value is -1.37. The van der Waals surface area contributed by atoms with Crippen LogP contribution < -0.4 is 10.5 Å². The molecule has 0 aliphatic heterocycles. The first-order valence-electron chi connectivity index (χ1n) is 6.74. The summed E-state index contributed by atoms with van der Waals surface area (Å²) >= 11 is 3.52. The molecule has 0 radical (unpaired) electrons. The van der Waals surface area contributed by atoms with Crippen molar-refractivity contribution in [2.75, 3.05) is 20.8 Å². The molecule has 0 amide bonds. The van der Waals surface area contributed by atoms with Gasteiger partial charge in [-0.3, -0.25) is 4.68 Å². The van der Waals surface area contributed by atoms with Gasteiger partial charge in [-0.1, -0.05) is 12.1 Å². The molecular weight excluding hydrogens is 334 g/mol. The number of hydrogen-bond donors (Lipinski definition) is 1. The summed E-state index contributed by atoms with van der Waals surface area (Å²) in [6.45, 7) is 1.30. The minimum atomic E-state index is -0.132. The average molecular weight is 354 g/mol. The lowest BCUT2D eigenvalue weighted by atomic mass is 10.0. The smallest absolute Gasteiger partial charge is 0.118 e. The summed E-state index contributed by atoms with van der Waals surface area (Å²) in [5, 5.41) is 4.33. The van der Waals surface area contributed by atoms with Crippen LogP contribution in [0.3, 0.4) is 0 Å². The van der Waals surface area contributed by atoms with Crippen molar-refractivity contribution in [2.45, 2.75) is 19.0 Å². The molecule has 0 aliphatic rings. The van der Waals surface area contributed by atoms with Gasteiger partial charge in [-0.05, 0) is 40.0 Å². The van der Waals surface area contributed by atoms with E-state index >= 15 is 0 Å². The number of rotatable bonds is 7. The number of methoxy groups -OCH3 is 2. The highest BCUT2D eigenvalue weighted by Crippen LogP contribution is 2.25. The average Bonchev–Trinajstić information content (AvgIpc) is 2.87. The normalized spacial score (nSPS) is 12.4. The summed E-state index contributed by atoms with van der Waals surface area (Å²) < 4.78 is 13.1. The zero-order valence-corrected chi connectivity index (χ0v) is 13.8. The topological polar surface area (TPSA) is 62.3 Å². The largest absolute Gasteiger partial charge is 0.497 e. The van der Waals surface area contributed by atoms with Crippen LogP contribution in [0, 0.1) is 0 Å². The third-order valence-electron chi connectivity index (χ3n) is 3.31. The van der Waals surface area contributed by atoms with Crippen LogP contribution in [0.4, 0.5) is 0 Å². The van der Waals surface area contributed by atoms with E-state index in [2.05, 4.69) is 21.0 Å². The van der Waals surface area contributed by atoms with Crippen LogP contribution in [0.15, 0.2) is 34.9 Å². The van der Waals surface area contributed by atoms with E-state index < -0.39 is 0 Å². The van der Waals surface area contributed by atoms with Crippen LogP contribution in [0.1, 0.15) is 17.3 Å². The number of benzene rings is 1. The van der Waals surface area contributed by atoms with E-state index in [0.29, 0.717) is 13.2 Å². The van der Waals surface area contributed by atoms with Crippen LogP contribution in [0.2, 0.25) is 0 Å². The van der Waals surface area contributed by atoms with Gasteiger partial charge in [0.2, 0.25) is 0 Å². The van der Waals surface area contributed by atoms with E-state index in [1.54, 1.807) is 20.4 Å². The second-order valence-corrected chi connectivity index (χ2v) is 5.61. The van der Waals surface area contributed by atoms with Crippen LogP contribution in [0.5, 0.6) is 5.75 Å². The third-order valence-corrected chi connectivity index (χ3v) is 3.92. The van der Waals surface area contributed by atoms with E-state index in [1.165, 1.54) is 0 Å². The van der Waals surface area contributed by atoms with Crippen molar-refractivity contribution < 1.29 is 9.47 Å². The Morgan fingerprint density at radius 3 is 2.62 bits per heavy atom. The molecular formula is C15H20BrN3O2. The molecule has 1 atom stereocenters. The van der Waals surface area contributed by atoms with E-state index in [0.717, 1.165) is 27.9 Å². The molecule has 1 aromatic heterocycles. The summed E-state index contributed by atoms with van der Waals surface area (Å²) in [5.41, 5.74) is 8.50. The molecule has 2 N–H and O–H groups in total. The van der Waals surface area contributed by atoms with Gasteiger partial charge in [-0.15, -0.1) is 0 Å². The van der Waals surface area contributed by atoms with Gasteiger partial charge in [0.1, 0.15) is 5.75 Å². The second kappa shape index (κ2) is 7.59. The Balaban J connectivity index is 2.11. The number of hydrogen-bond acceptors (Lipinski definition) is 4. The maximum absolute atomic E-state index is 6.35. The van der Waals surface area contributed by atoms with Gasteiger partial charge in [0.05, 0.1) is 42.7 Å². The fourth-order valence-corrected chi connectivity index (χ4v) is 2.80. The first-order valence-corrected chi connectivity index (χ1v) is 7.53. The highest BCUT2D eigenvalue weighted by Gasteiger charge is 2.17. The van der Waals surface area contributed by atoms with Crippen molar-refractivity contribution in [3.63, 3.8) is 0 Å². The lowest BCUT2D eigenvalue weighted by Crippen LogP contribution is -2.20. The molecule has 5 nitrogen and oxygen atoms in total. The molecule has 0 aliphatic carbocycles. The van der Waals surface area contributed by atoms with Crippen molar-refractivity contribution in [1.82, 2.24) is 9.78 Å². The molecule has 1 heterocycles.